The van der Waals surface area contributed by atoms with E-state index in [1.54, 1.807) is 0 Å². The third-order valence-corrected chi connectivity index (χ3v) is 3.88. The predicted octanol–water partition coefficient (Wildman–Crippen LogP) is 4.39. The summed E-state index contributed by atoms with van der Waals surface area (Å²) in [5.74, 6) is 1.03. The number of oxazole rings is 1. The van der Waals surface area contributed by atoms with Crippen LogP contribution in [0.15, 0.2) is 59.0 Å². The average Bonchev–Trinajstić information content (AvgIpc) is 2.97. The van der Waals surface area contributed by atoms with E-state index in [-0.39, 0.29) is 12.3 Å². The number of aryl methyl sites for hydroxylation is 2. The molecule has 0 unspecified atom stereocenters. The Bertz CT molecular complexity index is 821. The lowest BCUT2D eigenvalue weighted by atomic mass is 10.1. The maximum atomic E-state index is 12.2. The molecule has 4 heteroatoms. The molecule has 3 rings (SSSR count). The van der Waals surface area contributed by atoms with Gasteiger partial charge in [0, 0.05) is 11.3 Å². The molecular formula is C20H20N2O2. The maximum Gasteiger partial charge on any atom is 0.232 e. The van der Waals surface area contributed by atoms with Gasteiger partial charge in [0.05, 0.1) is 12.1 Å². The molecule has 0 atom stereocenters. The number of amides is 1. The zero-order valence-electron chi connectivity index (χ0n) is 13.9. The van der Waals surface area contributed by atoms with Crippen LogP contribution in [-0.4, -0.2) is 10.9 Å². The van der Waals surface area contributed by atoms with Crippen LogP contribution in [0.3, 0.4) is 0 Å². The molecule has 0 saturated heterocycles. The molecule has 24 heavy (non-hydrogen) atoms. The van der Waals surface area contributed by atoms with Crippen LogP contribution in [0.2, 0.25) is 0 Å². The topological polar surface area (TPSA) is 55.1 Å². The highest BCUT2D eigenvalue weighted by Crippen LogP contribution is 2.22. The second-order valence-electron chi connectivity index (χ2n) is 5.67. The first-order valence-electron chi connectivity index (χ1n) is 8.06. The lowest BCUT2D eigenvalue weighted by molar-refractivity contribution is -0.115. The van der Waals surface area contributed by atoms with Crippen molar-refractivity contribution in [2.45, 2.75) is 26.7 Å². The summed E-state index contributed by atoms with van der Waals surface area (Å²) < 4.78 is 5.77. The summed E-state index contributed by atoms with van der Waals surface area (Å²) in [5, 5.41) is 2.89. The number of carbonyl (C=O) groups excluding carboxylic acids is 1. The zero-order chi connectivity index (χ0) is 16.9. The molecule has 1 N–H and O–H groups in total. The third-order valence-electron chi connectivity index (χ3n) is 3.88. The summed E-state index contributed by atoms with van der Waals surface area (Å²) in [5.41, 5.74) is 3.68. The summed E-state index contributed by atoms with van der Waals surface area (Å²) >= 11 is 0. The van der Waals surface area contributed by atoms with Gasteiger partial charge < -0.3 is 9.73 Å². The minimum atomic E-state index is -0.113. The fourth-order valence-corrected chi connectivity index (χ4v) is 2.47. The van der Waals surface area contributed by atoms with Gasteiger partial charge in [-0.25, -0.2) is 4.98 Å². The van der Waals surface area contributed by atoms with Crippen molar-refractivity contribution in [1.82, 2.24) is 4.98 Å². The van der Waals surface area contributed by atoms with Crippen molar-refractivity contribution in [2.24, 2.45) is 0 Å². The Morgan fingerprint density at radius 1 is 1.08 bits per heavy atom. The molecule has 0 aliphatic carbocycles. The van der Waals surface area contributed by atoms with Crippen LogP contribution in [0.5, 0.6) is 0 Å². The minimum absolute atomic E-state index is 0.113. The second kappa shape index (κ2) is 7.13. The van der Waals surface area contributed by atoms with E-state index in [0.717, 1.165) is 23.4 Å². The van der Waals surface area contributed by atoms with E-state index in [9.17, 15) is 4.79 Å². The van der Waals surface area contributed by atoms with Gasteiger partial charge in [0.15, 0.2) is 0 Å². The molecule has 0 spiro atoms. The van der Waals surface area contributed by atoms with Gasteiger partial charge in [0.25, 0.3) is 0 Å². The Morgan fingerprint density at radius 2 is 1.79 bits per heavy atom. The van der Waals surface area contributed by atoms with E-state index in [1.165, 1.54) is 5.56 Å². The van der Waals surface area contributed by atoms with Gasteiger partial charge in [0.2, 0.25) is 11.8 Å². The highest BCUT2D eigenvalue weighted by Gasteiger charge is 2.14. The van der Waals surface area contributed by atoms with Crippen molar-refractivity contribution in [3.63, 3.8) is 0 Å². The molecule has 122 valence electrons. The molecular weight excluding hydrogens is 300 g/mol. The first kappa shape index (κ1) is 16.0. The van der Waals surface area contributed by atoms with E-state index < -0.39 is 0 Å². The number of nitrogens with zero attached hydrogens (tertiary/aromatic N) is 1. The molecule has 0 saturated carbocycles. The molecule has 2 aromatic carbocycles. The second-order valence-corrected chi connectivity index (χ2v) is 5.67. The molecule has 4 nitrogen and oxygen atoms in total. The summed E-state index contributed by atoms with van der Waals surface area (Å²) in [6.07, 6.45) is 1.15. The fraction of sp³-hybridized carbons (Fsp3) is 0.200. The summed E-state index contributed by atoms with van der Waals surface area (Å²) in [6.45, 7) is 3.96. The van der Waals surface area contributed by atoms with Gasteiger partial charge >= 0.3 is 0 Å². The number of hydrogen-bond donors (Lipinski definition) is 1. The highest BCUT2D eigenvalue weighted by molar-refractivity contribution is 5.92. The Morgan fingerprint density at radius 3 is 2.46 bits per heavy atom. The normalized spacial score (nSPS) is 10.6. The van der Waals surface area contributed by atoms with Gasteiger partial charge in [-0.15, -0.1) is 0 Å². The minimum Gasteiger partial charge on any atom is -0.440 e. The lowest BCUT2D eigenvalue weighted by Gasteiger charge is -2.05. The number of aromatic nitrogens is 1. The van der Waals surface area contributed by atoms with Crippen LogP contribution in [0.1, 0.15) is 23.9 Å². The van der Waals surface area contributed by atoms with E-state index in [1.807, 2.05) is 61.5 Å². The predicted molar refractivity (Wildman–Crippen MR) is 94.8 cm³/mol. The molecule has 1 aromatic heterocycles. The highest BCUT2D eigenvalue weighted by atomic mass is 16.4. The van der Waals surface area contributed by atoms with Crippen molar-refractivity contribution in [2.75, 3.05) is 5.32 Å². The summed E-state index contributed by atoms with van der Waals surface area (Å²) in [6, 6.07) is 17.5. The number of rotatable bonds is 5. The number of benzene rings is 2. The van der Waals surface area contributed by atoms with E-state index in [4.69, 9.17) is 4.42 Å². The average molecular weight is 320 g/mol. The number of carbonyl (C=O) groups is 1. The van der Waals surface area contributed by atoms with Crippen molar-refractivity contribution in [3.8, 4) is 11.5 Å². The van der Waals surface area contributed by atoms with Crippen molar-refractivity contribution >= 4 is 11.6 Å². The van der Waals surface area contributed by atoms with E-state index in [0.29, 0.717) is 11.7 Å². The number of nitrogens with one attached hydrogen (secondary N) is 1. The van der Waals surface area contributed by atoms with Gasteiger partial charge in [-0.2, -0.15) is 0 Å². The van der Waals surface area contributed by atoms with Crippen molar-refractivity contribution < 1.29 is 9.21 Å². The van der Waals surface area contributed by atoms with E-state index in [2.05, 4.69) is 17.2 Å². The molecule has 0 fully saturated rings. The maximum absolute atomic E-state index is 12.2. The Balaban J connectivity index is 1.69. The molecule has 1 heterocycles. The number of hydrogen-bond acceptors (Lipinski definition) is 3. The quantitative estimate of drug-likeness (QED) is 0.758. The van der Waals surface area contributed by atoms with Crippen molar-refractivity contribution in [1.29, 1.82) is 0 Å². The Kier molecular flexibility index (Phi) is 4.75. The fourth-order valence-electron chi connectivity index (χ4n) is 2.47. The van der Waals surface area contributed by atoms with Crippen LogP contribution in [0, 0.1) is 6.92 Å². The standard InChI is InChI=1S/C20H20N2O2/c1-3-15-9-11-17(12-10-15)22-19(23)13-18-14(2)21-20(24-18)16-7-5-4-6-8-16/h4-12H,3,13H2,1-2H3,(H,22,23). The molecule has 1 amide bonds. The lowest BCUT2D eigenvalue weighted by Crippen LogP contribution is -2.14. The monoisotopic (exact) mass is 320 g/mol. The first-order chi connectivity index (χ1) is 11.7. The van der Waals surface area contributed by atoms with Gasteiger partial charge in [0.1, 0.15) is 5.76 Å². The zero-order valence-corrected chi connectivity index (χ0v) is 13.9. The molecule has 0 bridgehead atoms. The van der Waals surface area contributed by atoms with Crippen molar-refractivity contribution in [3.05, 3.63) is 71.6 Å². The molecule has 0 aliphatic heterocycles. The molecule has 3 aromatic rings. The molecule has 0 aliphatic rings. The largest absolute Gasteiger partial charge is 0.440 e. The molecule has 0 radical (unpaired) electrons. The van der Waals surface area contributed by atoms with Crippen LogP contribution in [0.4, 0.5) is 5.69 Å². The Labute approximate surface area is 141 Å². The van der Waals surface area contributed by atoms with Crippen LogP contribution >= 0.6 is 0 Å². The van der Waals surface area contributed by atoms with Crippen LogP contribution in [-0.2, 0) is 17.6 Å². The Hall–Kier alpha value is -2.88. The van der Waals surface area contributed by atoms with Gasteiger partial charge in [-0.05, 0) is 43.2 Å². The van der Waals surface area contributed by atoms with Crippen LogP contribution in [0.25, 0.3) is 11.5 Å². The van der Waals surface area contributed by atoms with E-state index >= 15 is 0 Å². The van der Waals surface area contributed by atoms with Gasteiger partial charge in [-0.3, -0.25) is 4.79 Å². The van der Waals surface area contributed by atoms with Crippen LogP contribution < -0.4 is 5.32 Å². The SMILES string of the molecule is CCc1ccc(NC(=O)Cc2oc(-c3ccccc3)nc2C)cc1. The first-order valence-corrected chi connectivity index (χ1v) is 8.06. The third kappa shape index (κ3) is 3.71. The smallest absolute Gasteiger partial charge is 0.232 e. The summed E-state index contributed by atoms with van der Waals surface area (Å²) in [4.78, 5) is 16.7. The van der Waals surface area contributed by atoms with Gasteiger partial charge in [-0.1, -0.05) is 37.3 Å². The summed E-state index contributed by atoms with van der Waals surface area (Å²) in [7, 11) is 0. The number of anilines is 1.